The number of hydrogen-bond donors (Lipinski definition) is 1. The first kappa shape index (κ1) is 13.7. The first-order valence-electron chi connectivity index (χ1n) is 5.66. The predicted molar refractivity (Wildman–Crippen MR) is 69.2 cm³/mol. The Morgan fingerprint density at radius 2 is 1.94 bits per heavy atom. The SMILES string of the molecule is CCCn1ncc(Br)c1C(C)(O)C(C)(C)C. The molecular formula is C12H21BrN2O. The van der Waals surface area contributed by atoms with Crippen molar-refractivity contribution >= 4 is 15.9 Å². The summed E-state index contributed by atoms with van der Waals surface area (Å²) in [6, 6.07) is 0. The molecule has 0 spiro atoms. The zero-order valence-corrected chi connectivity index (χ0v) is 12.3. The molecule has 0 radical (unpaired) electrons. The summed E-state index contributed by atoms with van der Waals surface area (Å²) < 4.78 is 2.76. The van der Waals surface area contributed by atoms with Crippen molar-refractivity contribution in [3.05, 3.63) is 16.4 Å². The molecule has 0 amide bonds. The molecule has 1 heterocycles. The van der Waals surface area contributed by atoms with Crippen molar-refractivity contribution < 1.29 is 5.11 Å². The van der Waals surface area contributed by atoms with E-state index in [1.807, 2.05) is 32.4 Å². The second-order valence-corrected chi connectivity index (χ2v) is 6.24. The Morgan fingerprint density at radius 1 is 1.38 bits per heavy atom. The lowest BCUT2D eigenvalue weighted by atomic mass is 9.75. The Bertz CT molecular complexity index is 364. The highest BCUT2D eigenvalue weighted by Gasteiger charge is 2.41. The monoisotopic (exact) mass is 288 g/mol. The Labute approximate surface area is 106 Å². The third-order valence-electron chi connectivity index (χ3n) is 3.15. The van der Waals surface area contributed by atoms with Gasteiger partial charge in [-0.25, -0.2) is 0 Å². The lowest BCUT2D eigenvalue weighted by molar-refractivity contribution is -0.0548. The summed E-state index contributed by atoms with van der Waals surface area (Å²) in [5.41, 5.74) is -0.278. The van der Waals surface area contributed by atoms with Gasteiger partial charge >= 0.3 is 0 Å². The molecule has 4 heteroatoms. The lowest BCUT2D eigenvalue weighted by Crippen LogP contribution is -2.39. The molecule has 1 unspecified atom stereocenters. The molecule has 1 aromatic rings. The molecule has 92 valence electrons. The van der Waals surface area contributed by atoms with Gasteiger partial charge in [0.1, 0.15) is 5.60 Å². The molecule has 1 aromatic heterocycles. The highest BCUT2D eigenvalue weighted by Crippen LogP contribution is 2.41. The third-order valence-corrected chi connectivity index (χ3v) is 3.73. The molecule has 0 aliphatic rings. The molecule has 0 fully saturated rings. The molecular weight excluding hydrogens is 268 g/mol. The molecule has 0 aromatic carbocycles. The van der Waals surface area contributed by atoms with E-state index in [0.717, 1.165) is 23.1 Å². The van der Waals surface area contributed by atoms with Crippen LogP contribution < -0.4 is 0 Å². The van der Waals surface area contributed by atoms with Crippen molar-refractivity contribution in [3.8, 4) is 0 Å². The Balaban J connectivity index is 3.25. The zero-order valence-electron chi connectivity index (χ0n) is 10.7. The maximum absolute atomic E-state index is 10.7. The molecule has 3 nitrogen and oxygen atoms in total. The quantitative estimate of drug-likeness (QED) is 0.927. The topological polar surface area (TPSA) is 38.0 Å². The first-order chi connectivity index (χ1) is 7.21. The minimum absolute atomic E-state index is 0.235. The van der Waals surface area contributed by atoms with Crippen LogP contribution in [0.5, 0.6) is 0 Å². The molecule has 16 heavy (non-hydrogen) atoms. The van der Waals surface area contributed by atoms with Crippen molar-refractivity contribution in [2.75, 3.05) is 0 Å². The summed E-state index contributed by atoms with van der Waals surface area (Å²) >= 11 is 3.47. The van der Waals surface area contributed by atoms with Gasteiger partial charge in [0.15, 0.2) is 0 Å². The van der Waals surface area contributed by atoms with Gasteiger partial charge in [0, 0.05) is 6.54 Å². The fourth-order valence-electron chi connectivity index (χ4n) is 1.58. The number of aliphatic hydroxyl groups is 1. The second-order valence-electron chi connectivity index (χ2n) is 5.39. The number of aromatic nitrogens is 2. The van der Waals surface area contributed by atoms with Crippen molar-refractivity contribution in [1.82, 2.24) is 9.78 Å². The second kappa shape index (κ2) is 4.49. The standard InChI is InChI=1S/C12H21BrN2O/c1-6-7-15-10(9(13)8-14-15)12(5,16)11(2,3)4/h8,16H,6-7H2,1-5H3. The van der Waals surface area contributed by atoms with E-state index in [1.54, 1.807) is 6.20 Å². The number of aryl methyl sites for hydroxylation is 1. The van der Waals surface area contributed by atoms with Crippen LogP contribution >= 0.6 is 15.9 Å². The maximum Gasteiger partial charge on any atom is 0.109 e. The van der Waals surface area contributed by atoms with Gasteiger partial charge in [-0.1, -0.05) is 27.7 Å². The highest BCUT2D eigenvalue weighted by molar-refractivity contribution is 9.10. The average molecular weight is 289 g/mol. The van der Waals surface area contributed by atoms with Gasteiger partial charge in [-0.05, 0) is 34.7 Å². The maximum atomic E-state index is 10.7. The van der Waals surface area contributed by atoms with Gasteiger partial charge in [-0.2, -0.15) is 5.10 Å². The molecule has 1 N–H and O–H groups in total. The van der Waals surface area contributed by atoms with Crippen LogP contribution in [0, 0.1) is 5.41 Å². The number of nitrogens with zero attached hydrogens (tertiary/aromatic N) is 2. The highest BCUT2D eigenvalue weighted by atomic mass is 79.9. The minimum Gasteiger partial charge on any atom is -0.383 e. The van der Waals surface area contributed by atoms with Crippen LogP contribution in [0.25, 0.3) is 0 Å². The van der Waals surface area contributed by atoms with Crippen LogP contribution in [-0.4, -0.2) is 14.9 Å². The Morgan fingerprint density at radius 3 is 2.38 bits per heavy atom. The minimum atomic E-state index is -0.905. The van der Waals surface area contributed by atoms with Gasteiger partial charge in [-0.15, -0.1) is 0 Å². The van der Waals surface area contributed by atoms with Crippen LogP contribution in [0.1, 0.15) is 46.7 Å². The smallest absolute Gasteiger partial charge is 0.109 e. The molecule has 0 aliphatic heterocycles. The van der Waals surface area contributed by atoms with Crippen LogP contribution in [-0.2, 0) is 12.1 Å². The normalized spacial score (nSPS) is 16.2. The lowest BCUT2D eigenvalue weighted by Gasteiger charge is -2.37. The van der Waals surface area contributed by atoms with Crippen molar-refractivity contribution in [3.63, 3.8) is 0 Å². The summed E-state index contributed by atoms with van der Waals surface area (Å²) in [5, 5.41) is 15.0. The van der Waals surface area contributed by atoms with Crippen LogP contribution in [0.2, 0.25) is 0 Å². The van der Waals surface area contributed by atoms with E-state index in [-0.39, 0.29) is 5.41 Å². The summed E-state index contributed by atoms with van der Waals surface area (Å²) in [6.07, 6.45) is 2.76. The average Bonchev–Trinajstić information content (AvgIpc) is 2.46. The van der Waals surface area contributed by atoms with Gasteiger partial charge in [0.25, 0.3) is 0 Å². The molecule has 1 atom stereocenters. The summed E-state index contributed by atoms with van der Waals surface area (Å²) in [7, 11) is 0. The van der Waals surface area contributed by atoms with Crippen LogP contribution in [0.4, 0.5) is 0 Å². The fraction of sp³-hybridized carbons (Fsp3) is 0.750. The van der Waals surface area contributed by atoms with E-state index >= 15 is 0 Å². The zero-order chi connectivity index (χ0) is 12.6. The first-order valence-corrected chi connectivity index (χ1v) is 6.45. The van der Waals surface area contributed by atoms with Crippen molar-refractivity contribution in [1.29, 1.82) is 0 Å². The van der Waals surface area contributed by atoms with Gasteiger partial charge in [-0.3, -0.25) is 4.68 Å². The van der Waals surface area contributed by atoms with E-state index in [0.29, 0.717) is 0 Å². The van der Waals surface area contributed by atoms with E-state index in [2.05, 4.69) is 28.0 Å². The van der Waals surface area contributed by atoms with Crippen molar-refractivity contribution in [2.24, 2.45) is 5.41 Å². The third kappa shape index (κ3) is 2.33. The molecule has 0 aliphatic carbocycles. The fourth-order valence-corrected chi connectivity index (χ4v) is 2.27. The molecule has 0 saturated carbocycles. The van der Waals surface area contributed by atoms with Gasteiger partial charge in [0.05, 0.1) is 16.4 Å². The van der Waals surface area contributed by atoms with E-state index in [9.17, 15) is 5.11 Å². The summed E-state index contributed by atoms with van der Waals surface area (Å²) in [6.45, 7) is 10.9. The van der Waals surface area contributed by atoms with E-state index < -0.39 is 5.60 Å². The Kier molecular flexibility index (Phi) is 3.85. The number of rotatable bonds is 3. The summed E-state index contributed by atoms with van der Waals surface area (Å²) in [5.74, 6) is 0. The summed E-state index contributed by atoms with van der Waals surface area (Å²) in [4.78, 5) is 0. The van der Waals surface area contributed by atoms with Crippen LogP contribution in [0.15, 0.2) is 10.7 Å². The van der Waals surface area contributed by atoms with E-state index in [4.69, 9.17) is 0 Å². The largest absolute Gasteiger partial charge is 0.383 e. The molecule has 0 saturated heterocycles. The number of halogens is 1. The van der Waals surface area contributed by atoms with E-state index in [1.165, 1.54) is 0 Å². The number of hydrogen-bond acceptors (Lipinski definition) is 2. The van der Waals surface area contributed by atoms with Crippen LogP contribution in [0.3, 0.4) is 0 Å². The van der Waals surface area contributed by atoms with Gasteiger partial charge < -0.3 is 5.11 Å². The predicted octanol–water partition coefficient (Wildman–Crippen LogP) is 3.31. The van der Waals surface area contributed by atoms with Gasteiger partial charge in [0.2, 0.25) is 0 Å². The molecule has 0 bridgehead atoms. The van der Waals surface area contributed by atoms with Crippen molar-refractivity contribution in [2.45, 2.75) is 53.2 Å². The Hall–Kier alpha value is -0.350. The molecule has 1 rings (SSSR count).